The van der Waals surface area contributed by atoms with Crippen LogP contribution >= 0.6 is 0 Å². The zero-order valence-electron chi connectivity index (χ0n) is 12.0. The van der Waals surface area contributed by atoms with Crippen LogP contribution in [0.3, 0.4) is 0 Å². The number of aromatic nitrogens is 2. The highest BCUT2D eigenvalue weighted by molar-refractivity contribution is 5.89. The van der Waals surface area contributed by atoms with Crippen molar-refractivity contribution in [2.75, 3.05) is 36.6 Å². The van der Waals surface area contributed by atoms with Crippen molar-refractivity contribution in [3.63, 3.8) is 0 Å². The molecule has 0 saturated carbocycles. The Labute approximate surface area is 128 Å². The average molecular weight is 299 g/mol. The molecule has 0 amide bonds. The van der Waals surface area contributed by atoms with Gasteiger partial charge in [-0.3, -0.25) is 0 Å². The molecule has 0 bridgehead atoms. The molecule has 0 radical (unpaired) electrons. The van der Waals surface area contributed by atoms with E-state index in [1.54, 1.807) is 0 Å². The predicted molar refractivity (Wildman–Crippen MR) is 82.6 cm³/mol. The highest BCUT2D eigenvalue weighted by Gasteiger charge is 2.11. The molecular weight excluding hydrogens is 282 g/mol. The van der Waals surface area contributed by atoms with Crippen LogP contribution in [0.25, 0.3) is 0 Å². The first-order valence-corrected chi connectivity index (χ1v) is 7.11. The number of hydrogen-bond acceptors (Lipinski definition) is 7. The normalized spacial score (nSPS) is 14.5. The summed E-state index contributed by atoms with van der Waals surface area (Å²) < 4.78 is 0. The van der Waals surface area contributed by atoms with Crippen LogP contribution in [0.4, 0.5) is 11.4 Å². The van der Waals surface area contributed by atoms with Crippen LogP contribution in [0.2, 0.25) is 0 Å². The number of rotatable bonds is 4. The molecule has 22 heavy (non-hydrogen) atoms. The molecule has 3 rings (SSSR count). The second-order valence-electron chi connectivity index (χ2n) is 4.90. The highest BCUT2D eigenvalue weighted by atomic mass is 16.7. The number of carbonyl (C=O) groups is 1. The lowest BCUT2D eigenvalue weighted by Crippen LogP contribution is -2.43. The second kappa shape index (κ2) is 6.86. The highest BCUT2D eigenvalue weighted by Crippen LogP contribution is 2.18. The lowest BCUT2D eigenvalue weighted by Gasteiger charge is -2.29. The fraction of sp³-hybridized carbons (Fsp3) is 0.267. The molecular formula is C15H17N5O2. The van der Waals surface area contributed by atoms with Crippen LogP contribution in [0.5, 0.6) is 0 Å². The standard InChI is InChI=1S/C15H17N5O2/c21-15(12-9-17-11-18-10-12)22-19-13-1-3-14(4-2-13)20-7-5-16-6-8-20/h1-4,9-11,16,19H,5-8H2. The monoisotopic (exact) mass is 299 g/mol. The van der Waals surface area contributed by atoms with Gasteiger partial charge in [-0.2, -0.15) is 0 Å². The van der Waals surface area contributed by atoms with E-state index >= 15 is 0 Å². The molecule has 0 aliphatic carbocycles. The summed E-state index contributed by atoms with van der Waals surface area (Å²) in [5.74, 6) is -0.521. The first kappa shape index (κ1) is 14.3. The summed E-state index contributed by atoms with van der Waals surface area (Å²) in [6, 6.07) is 7.78. The molecule has 7 heteroatoms. The van der Waals surface area contributed by atoms with E-state index in [-0.39, 0.29) is 0 Å². The molecule has 0 atom stereocenters. The first-order chi connectivity index (χ1) is 10.8. The largest absolute Gasteiger partial charge is 0.369 e. The van der Waals surface area contributed by atoms with Crippen LogP contribution in [-0.2, 0) is 4.84 Å². The van der Waals surface area contributed by atoms with Gasteiger partial charge in [0.05, 0.1) is 11.3 Å². The van der Waals surface area contributed by atoms with Crippen LogP contribution in [0.1, 0.15) is 10.4 Å². The maximum Gasteiger partial charge on any atom is 0.365 e. The van der Waals surface area contributed by atoms with Gasteiger partial charge in [0.25, 0.3) is 0 Å². The molecule has 1 aromatic carbocycles. The number of anilines is 2. The van der Waals surface area contributed by atoms with Crippen molar-refractivity contribution in [3.8, 4) is 0 Å². The third-order valence-electron chi connectivity index (χ3n) is 3.41. The van der Waals surface area contributed by atoms with Gasteiger partial charge in [0.2, 0.25) is 0 Å². The van der Waals surface area contributed by atoms with E-state index in [0.717, 1.165) is 31.9 Å². The summed E-state index contributed by atoms with van der Waals surface area (Å²) in [7, 11) is 0. The number of carbonyl (C=O) groups excluding carboxylic acids is 1. The maximum absolute atomic E-state index is 11.8. The summed E-state index contributed by atoms with van der Waals surface area (Å²) in [6.45, 7) is 3.99. The van der Waals surface area contributed by atoms with Gasteiger partial charge in [-0.15, -0.1) is 0 Å². The topological polar surface area (TPSA) is 79.4 Å². The van der Waals surface area contributed by atoms with Gasteiger partial charge < -0.3 is 15.1 Å². The van der Waals surface area contributed by atoms with Gasteiger partial charge in [0.15, 0.2) is 0 Å². The van der Waals surface area contributed by atoms with Crippen LogP contribution in [-0.4, -0.2) is 42.1 Å². The quantitative estimate of drug-likeness (QED) is 0.817. The summed E-state index contributed by atoms with van der Waals surface area (Å²) >= 11 is 0. The van der Waals surface area contributed by atoms with Crippen molar-refractivity contribution in [1.82, 2.24) is 15.3 Å². The minimum atomic E-state index is -0.521. The Hall–Kier alpha value is -2.67. The predicted octanol–water partition coefficient (Wildman–Crippen LogP) is 1.07. The Morgan fingerprint density at radius 1 is 1.14 bits per heavy atom. The van der Waals surface area contributed by atoms with Crippen molar-refractivity contribution in [1.29, 1.82) is 0 Å². The SMILES string of the molecule is O=C(ONc1ccc(N2CCNCC2)cc1)c1cncnc1. The summed E-state index contributed by atoms with van der Waals surface area (Å²) in [5, 5.41) is 3.32. The Bertz CT molecular complexity index is 612. The molecule has 1 saturated heterocycles. The summed E-state index contributed by atoms with van der Waals surface area (Å²) in [4.78, 5) is 26.6. The molecule has 0 unspecified atom stereocenters. The van der Waals surface area contributed by atoms with E-state index in [1.807, 2.05) is 24.3 Å². The Kier molecular flexibility index (Phi) is 4.45. The van der Waals surface area contributed by atoms with Crippen molar-refractivity contribution in [2.45, 2.75) is 0 Å². The molecule has 7 nitrogen and oxygen atoms in total. The van der Waals surface area contributed by atoms with E-state index in [2.05, 4.69) is 25.7 Å². The van der Waals surface area contributed by atoms with Gasteiger partial charge in [-0.25, -0.2) is 20.2 Å². The van der Waals surface area contributed by atoms with Gasteiger partial charge in [-0.05, 0) is 24.3 Å². The molecule has 2 heterocycles. The maximum atomic E-state index is 11.8. The van der Waals surface area contributed by atoms with E-state index in [0.29, 0.717) is 11.3 Å². The number of nitrogens with one attached hydrogen (secondary N) is 2. The molecule has 2 N–H and O–H groups in total. The smallest absolute Gasteiger partial charge is 0.365 e. The number of hydrogen-bond donors (Lipinski definition) is 2. The molecule has 2 aromatic rings. The minimum Gasteiger partial charge on any atom is -0.369 e. The Balaban J connectivity index is 1.56. The van der Waals surface area contributed by atoms with Crippen molar-refractivity contribution < 1.29 is 9.63 Å². The van der Waals surface area contributed by atoms with Crippen molar-refractivity contribution in [2.24, 2.45) is 0 Å². The zero-order valence-corrected chi connectivity index (χ0v) is 12.0. The van der Waals surface area contributed by atoms with Crippen LogP contribution < -0.4 is 15.7 Å². The van der Waals surface area contributed by atoms with Crippen LogP contribution in [0, 0.1) is 0 Å². The first-order valence-electron chi connectivity index (χ1n) is 7.11. The number of piperazine rings is 1. The number of benzene rings is 1. The Morgan fingerprint density at radius 3 is 2.50 bits per heavy atom. The fourth-order valence-electron chi connectivity index (χ4n) is 2.23. The lowest BCUT2D eigenvalue weighted by molar-refractivity contribution is 0.0595. The molecule has 1 aliphatic rings. The fourth-order valence-corrected chi connectivity index (χ4v) is 2.23. The third kappa shape index (κ3) is 3.50. The molecule has 0 spiro atoms. The third-order valence-corrected chi connectivity index (χ3v) is 3.41. The average Bonchev–Trinajstić information content (AvgIpc) is 2.61. The van der Waals surface area contributed by atoms with Gasteiger partial charge in [-0.1, -0.05) is 0 Å². The van der Waals surface area contributed by atoms with E-state index < -0.39 is 5.97 Å². The van der Waals surface area contributed by atoms with Crippen molar-refractivity contribution in [3.05, 3.63) is 48.5 Å². The van der Waals surface area contributed by atoms with Gasteiger partial charge >= 0.3 is 5.97 Å². The summed E-state index contributed by atoms with van der Waals surface area (Å²) in [5.41, 5.74) is 4.81. The minimum absolute atomic E-state index is 0.299. The zero-order chi connectivity index (χ0) is 15.2. The lowest BCUT2D eigenvalue weighted by atomic mass is 10.2. The molecule has 1 aromatic heterocycles. The van der Waals surface area contributed by atoms with Gasteiger partial charge in [0.1, 0.15) is 6.33 Å². The molecule has 1 fully saturated rings. The molecule has 1 aliphatic heterocycles. The van der Waals surface area contributed by atoms with Crippen LogP contribution in [0.15, 0.2) is 43.0 Å². The number of nitrogens with zero attached hydrogens (tertiary/aromatic N) is 3. The molecule has 114 valence electrons. The summed E-state index contributed by atoms with van der Waals surface area (Å²) in [6.07, 6.45) is 4.17. The second-order valence-corrected chi connectivity index (χ2v) is 4.90. The van der Waals surface area contributed by atoms with E-state index in [9.17, 15) is 4.79 Å². The van der Waals surface area contributed by atoms with Crippen molar-refractivity contribution >= 4 is 17.3 Å². The van der Waals surface area contributed by atoms with Gasteiger partial charge in [0, 0.05) is 44.3 Å². The van der Waals surface area contributed by atoms with E-state index in [1.165, 1.54) is 18.7 Å². The van der Waals surface area contributed by atoms with E-state index in [4.69, 9.17) is 4.84 Å². The Morgan fingerprint density at radius 2 is 1.82 bits per heavy atom.